The molecular formula is C24H26N6O6. The molecule has 0 aliphatic heterocycles. The summed E-state index contributed by atoms with van der Waals surface area (Å²) in [6, 6.07) is 18.5. The zero-order valence-electron chi connectivity index (χ0n) is 19.0. The second-order valence-corrected chi connectivity index (χ2v) is 6.67. The van der Waals surface area contributed by atoms with Crippen LogP contribution in [0, 0.1) is 20.2 Å². The van der Waals surface area contributed by atoms with Gasteiger partial charge in [0.2, 0.25) is 11.8 Å². The lowest BCUT2D eigenvalue weighted by Gasteiger charge is -2.01. The van der Waals surface area contributed by atoms with Gasteiger partial charge in [-0.3, -0.25) is 29.8 Å². The first-order valence-electron chi connectivity index (χ1n) is 10.0. The van der Waals surface area contributed by atoms with E-state index in [-0.39, 0.29) is 18.7 Å². The van der Waals surface area contributed by atoms with E-state index in [1.165, 1.54) is 36.4 Å². The van der Waals surface area contributed by atoms with Gasteiger partial charge >= 0.3 is 0 Å². The van der Waals surface area contributed by atoms with Gasteiger partial charge in [0.1, 0.15) is 0 Å². The maximum Gasteiger partial charge on any atom is 0.271 e. The van der Waals surface area contributed by atoms with Crippen LogP contribution in [0.3, 0.4) is 0 Å². The van der Waals surface area contributed by atoms with Gasteiger partial charge in [0.25, 0.3) is 11.4 Å². The van der Waals surface area contributed by atoms with Crippen molar-refractivity contribution in [2.45, 2.75) is 0 Å². The molecule has 188 valence electrons. The standard InChI is InChI=1S/C9H8N2O3.C9H10N2O.C6H6N2O2.H2/c1-2-9(12)10-7-4-3-5-8(6-7)11(13)14;1-2-9(12)11-8-5-3-4-7(10)6-8;7-5-2-1-3-6(4-5)8(9)10;/h2-6H,1H2,(H,10,12);2-6H,1,10H2,(H,11,12);1-4H,7H2;1H. The molecule has 0 saturated carbocycles. The Morgan fingerprint density at radius 1 is 0.722 bits per heavy atom. The number of anilines is 4. The van der Waals surface area contributed by atoms with Gasteiger partial charge in [0, 0.05) is 48.4 Å². The summed E-state index contributed by atoms with van der Waals surface area (Å²) in [6.45, 7) is 6.60. The summed E-state index contributed by atoms with van der Waals surface area (Å²) in [5, 5.41) is 25.5. The number of benzene rings is 3. The summed E-state index contributed by atoms with van der Waals surface area (Å²) in [4.78, 5) is 41.2. The topological polar surface area (TPSA) is 197 Å². The van der Waals surface area contributed by atoms with Crippen LogP contribution in [0.2, 0.25) is 0 Å². The van der Waals surface area contributed by atoms with E-state index in [1.54, 1.807) is 42.5 Å². The number of nitrogen functional groups attached to an aromatic ring is 2. The SMILES string of the molecule is C=CC(=O)Nc1cccc(N)c1.C=CC(=O)Nc1cccc([N+](=O)[O-])c1.Nc1cccc([N+](=O)[O-])c1.[HH]. The Hall–Kier alpha value is -5.52. The number of nitrogens with two attached hydrogens (primary N) is 2. The summed E-state index contributed by atoms with van der Waals surface area (Å²) in [7, 11) is 0. The van der Waals surface area contributed by atoms with E-state index >= 15 is 0 Å². The Balaban J connectivity index is 0.000000525. The molecule has 3 aromatic rings. The van der Waals surface area contributed by atoms with Crippen LogP contribution < -0.4 is 22.1 Å². The van der Waals surface area contributed by atoms with Crippen molar-refractivity contribution >= 4 is 45.9 Å². The molecule has 0 bridgehead atoms. The first-order valence-corrected chi connectivity index (χ1v) is 10.0. The molecule has 2 amide bonds. The molecular weight excluding hydrogens is 468 g/mol. The van der Waals surface area contributed by atoms with Gasteiger partial charge < -0.3 is 22.1 Å². The van der Waals surface area contributed by atoms with Crippen molar-refractivity contribution in [1.29, 1.82) is 0 Å². The van der Waals surface area contributed by atoms with Gasteiger partial charge in [-0.25, -0.2) is 0 Å². The molecule has 12 nitrogen and oxygen atoms in total. The van der Waals surface area contributed by atoms with Crippen molar-refractivity contribution in [3.8, 4) is 0 Å². The van der Waals surface area contributed by atoms with Gasteiger partial charge in [-0.2, -0.15) is 0 Å². The zero-order chi connectivity index (χ0) is 27.1. The van der Waals surface area contributed by atoms with E-state index < -0.39 is 15.8 Å². The van der Waals surface area contributed by atoms with Gasteiger partial charge in [-0.1, -0.05) is 31.4 Å². The van der Waals surface area contributed by atoms with E-state index in [0.29, 0.717) is 22.7 Å². The van der Waals surface area contributed by atoms with E-state index in [0.717, 1.165) is 6.08 Å². The Kier molecular flexibility index (Phi) is 11.6. The van der Waals surface area contributed by atoms with Crippen LogP contribution >= 0.6 is 0 Å². The average Bonchev–Trinajstić information content (AvgIpc) is 2.85. The fraction of sp³-hybridized carbons (Fsp3) is 0. The molecule has 0 aliphatic carbocycles. The number of nitro groups is 2. The van der Waals surface area contributed by atoms with Crippen molar-refractivity contribution in [3.63, 3.8) is 0 Å². The molecule has 0 heterocycles. The molecule has 0 radical (unpaired) electrons. The van der Waals surface area contributed by atoms with Gasteiger partial charge in [-0.15, -0.1) is 0 Å². The Labute approximate surface area is 207 Å². The number of amides is 2. The van der Waals surface area contributed by atoms with Crippen molar-refractivity contribution in [1.82, 2.24) is 0 Å². The van der Waals surface area contributed by atoms with E-state index in [9.17, 15) is 29.8 Å². The summed E-state index contributed by atoms with van der Waals surface area (Å²) in [5.41, 5.74) is 12.8. The van der Waals surface area contributed by atoms with Crippen LogP contribution in [0.25, 0.3) is 0 Å². The van der Waals surface area contributed by atoms with Gasteiger partial charge in [0.05, 0.1) is 9.85 Å². The zero-order valence-corrected chi connectivity index (χ0v) is 19.0. The minimum atomic E-state index is -0.524. The maximum atomic E-state index is 10.9. The molecule has 12 heteroatoms. The third-order valence-corrected chi connectivity index (χ3v) is 3.93. The predicted molar refractivity (Wildman–Crippen MR) is 141 cm³/mol. The molecule has 0 aliphatic rings. The van der Waals surface area contributed by atoms with Crippen molar-refractivity contribution < 1.29 is 20.9 Å². The quantitative estimate of drug-likeness (QED) is 0.166. The average molecular weight is 495 g/mol. The Morgan fingerprint density at radius 3 is 1.50 bits per heavy atom. The van der Waals surface area contributed by atoms with Crippen LogP contribution in [0.15, 0.2) is 98.1 Å². The van der Waals surface area contributed by atoms with Crippen LogP contribution in [-0.2, 0) is 9.59 Å². The predicted octanol–water partition coefficient (Wildman–Crippen LogP) is 4.54. The third-order valence-electron chi connectivity index (χ3n) is 3.93. The molecule has 0 spiro atoms. The molecule has 3 aromatic carbocycles. The molecule has 0 fully saturated rings. The van der Waals surface area contributed by atoms with Crippen LogP contribution in [0.4, 0.5) is 34.1 Å². The number of carbonyl (C=O) groups is 2. The number of nitrogens with one attached hydrogen (secondary N) is 2. The Morgan fingerprint density at radius 2 is 1.11 bits per heavy atom. The molecule has 0 unspecified atom stereocenters. The van der Waals surface area contributed by atoms with Crippen molar-refractivity contribution in [3.05, 3.63) is 118 Å². The normalized spacial score (nSPS) is 9.11. The summed E-state index contributed by atoms with van der Waals surface area (Å²) < 4.78 is 0. The Bertz CT molecular complexity index is 1270. The fourth-order valence-electron chi connectivity index (χ4n) is 2.34. The maximum absolute atomic E-state index is 10.9. The molecule has 0 aromatic heterocycles. The largest absolute Gasteiger partial charge is 0.399 e. The lowest BCUT2D eigenvalue weighted by Crippen LogP contribution is -2.07. The van der Waals surface area contributed by atoms with Crippen molar-refractivity contribution in [2.24, 2.45) is 0 Å². The second-order valence-electron chi connectivity index (χ2n) is 6.67. The smallest absolute Gasteiger partial charge is 0.271 e. The highest BCUT2D eigenvalue weighted by molar-refractivity contribution is 5.99. The van der Waals surface area contributed by atoms with Crippen LogP contribution in [0.1, 0.15) is 1.43 Å². The molecule has 6 N–H and O–H groups in total. The summed E-state index contributed by atoms with van der Waals surface area (Å²) in [6.07, 6.45) is 2.31. The highest BCUT2D eigenvalue weighted by Gasteiger charge is 2.06. The minimum absolute atomic E-state index is 0. The number of nitro benzene ring substituents is 2. The third kappa shape index (κ3) is 10.9. The lowest BCUT2D eigenvalue weighted by molar-refractivity contribution is -0.385. The molecule has 36 heavy (non-hydrogen) atoms. The van der Waals surface area contributed by atoms with Gasteiger partial charge in [0.15, 0.2) is 0 Å². The number of non-ortho nitro benzene ring substituents is 2. The molecule has 3 rings (SSSR count). The number of nitrogens with zero attached hydrogens (tertiary/aromatic N) is 2. The highest BCUT2D eigenvalue weighted by Crippen LogP contribution is 2.17. The fourth-order valence-corrected chi connectivity index (χ4v) is 2.34. The second kappa shape index (κ2) is 14.6. The molecule has 0 atom stereocenters. The highest BCUT2D eigenvalue weighted by atomic mass is 16.6. The lowest BCUT2D eigenvalue weighted by atomic mass is 10.3. The summed E-state index contributed by atoms with van der Waals surface area (Å²) in [5.74, 6) is -0.633. The van der Waals surface area contributed by atoms with Crippen LogP contribution in [0.5, 0.6) is 0 Å². The first-order chi connectivity index (χ1) is 17.0. The number of carbonyl (C=O) groups excluding carboxylic acids is 2. The van der Waals surface area contributed by atoms with Crippen LogP contribution in [-0.4, -0.2) is 21.7 Å². The minimum Gasteiger partial charge on any atom is -0.399 e. The number of rotatable bonds is 6. The molecule has 0 saturated heterocycles. The monoisotopic (exact) mass is 494 g/mol. The van der Waals surface area contributed by atoms with Gasteiger partial charge in [-0.05, 0) is 42.5 Å². The summed E-state index contributed by atoms with van der Waals surface area (Å²) >= 11 is 0. The van der Waals surface area contributed by atoms with E-state index in [1.807, 2.05) is 0 Å². The van der Waals surface area contributed by atoms with Crippen molar-refractivity contribution in [2.75, 3.05) is 22.1 Å². The number of hydrogen-bond donors (Lipinski definition) is 4. The van der Waals surface area contributed by atoms with E-state index in [4.69, 9.17) is 11.5 Å². The first kappa shape index (κ1) is 28.5. The van der Waals surface area contributed by atoms with E-state index in [2.05, 4.69) is 23.8 Å². The number of hydrogen-bond acceptors (Lipinski definition) is 8.